The van der Waals surface area contributed by atoms with E-state index >= 15 is 0 Å². The van der Waals surface area contributed by atoms with Crippen LogP contribution < -0.4 is 10.1 Å². The smallest absolute Gasteiger partial charge is 0.244 e. The second-order valence-corrected chi connectivity index (χ2v) is 11.6. The van der Waals surface area contributed by atoms with Crippen LogP contribution in [0.4, 0.5) is 5.13 Å². The number of carbonyl (C=O) groups is 1. The van der Waals surface area contributed by atoms with Gasteiger partial charge in [-0.05, 0) is 56.2 Å². The van der Waals surface area contributed by atoms with E-state index in [2.05, 4.69) is 15.3 Å². The molecule has 1 aliphatic heterocycles. The quantitative estimate of drug-likeness (QED) is 0.455. The fourth-order valence-electron chi connectivity index (χ4n) is 3.90. The number of aryl methyl sites for hydroxylation is 1. The van der Waals surface area contributed by atoms with Crippen LogP contribution in [0.1, 0.15) is 17.8 Å². The molecule has 0 spiro atoms. The van der Waals surface area contributed by atoms with E-state index < -0.39 is 16.1 Å². The summed E-state index contributed by atoms with van der Waals surface area (Å²) in [6.45, 7) is 2.25. The fourth-order valence-corrected chi connectivity index (χ4v) is 7.42. The molecule has 1 atom stereocenters. The normalized spacial score (nSPS) is 17.2. The summed E-state index contributed by atoms with van der Waals surface area (Å²) in [6, 6.07) is 9.30. The van der Waals surface area contributed by atoms with Crippen molar-refractivity contribution in [3.8, 4) is 5.75 Å². The number of rotatable bonds is 5. The lowest BCUT2D eigenvalue weighted by Crippen LogP contribution is -2.43. The van der Waals surface area contributed by atoms with Gasteiger partial charge in [-0.1, -0.05) is 11.3 Å². The summed E-state index contributed by atoms with van der Waals surface area (Å²) >= 11 is 2.97. The number of hydrogen-bond acceptors (Lipinski definition) is 8. The van der Waals surface area contributed by atoms with Crippen LogP contribution in [0.25, 0.3) is 20.4 Å². The predicted octanol–water partition coefficient (Wildman–Crippen LogP) is 4.01. The highest BCUT2D eigenvalue weighted by atomic mass is 32.2. The van der Waals surface area contributed by atoms with E-state index in [1.165, 1.54) is 34.9 Å². The van der Waals surface area contributed by atoms with Gasteiger partial charge in [0.2, 0.25) is 15.9 Å². The van der Waals surface area contributed by atoms with Gasteiger partial charge >= 0.3 is 0 Å². The Morgan fingerprint density at radius 1 is 1.16 bits per heavy atom. The summed E-state index contributed by atoms with van der Waals surface area (Å²) in [5.74, 6) is 0.198. The van der Waals surface area contributed by atoms with Gasteiger partial charge in [-0.3, -0.25) is 4.79 Å². The van der Waals surface area contributed by atoms with Crippen LogP contribution in [0.3, 0.4) is 0 Å². The summed E-state index contributed by atoms with van der Waals surface area (Å²) in [5, 5.41) is 4.25. The molecule has 1 fully saturated rings. The monoisotopic (exact) mass is 488 g/mol. The van der Waals surface area contributed by atoms with Crippen LogP contribution in [-0.4, -0.2) is 48.3 Å². The Morgan fingerprint density at radius 2 is 1.94 bits per heavy atom. The fraction of sp³-hybridized carbons (Fsp3) is 0.286. The number of hydrogen-bond donors (Lipinski definition) is 1. The average Bonchev–Trinajstić information content (AvgIpc) is 3.50. The SMILES string of the molecule is COc1ccc(S(=O)(=O)N2CCCC2C(=O)Nc2nc3ccc4sc(C)nc4c3s2)cc1. The zero-order valence-electron chi connectivity index (χ0n) is 17.4. The molecule has 8 nitrogen and oxygen atoms in total. The summed E-state index contributed by atoms with van der Waals surface area (Å²) in [4.78, 5) is 22.3. The second kappa shape index (κ2) is 8.07. The maximum absolute atomic E-state index is 13.2. The first-order valence-corrected chi connectivity index (χ1v) is 13.1. The molecule has 1 unspecified atom stereocenters. The molecule has 1 N–H and O–H groups in total. The number of benzene rings is 2. The Balaban J connectivity index is 1.40. The van der Waals surface area contributed by atoms with Crippen molar-refractivity contribution < 1.29 is 17.9 Å². The number of anilines is 1. The molecule has 1 saturated heterocycles. The minimum Gasteiger partial charge on any atom is -0.497 e. The molecule has 0 saturated carbocycles. The number of ether oxygens (including phenoxy) is 1. The van der Waals surface area contributed by atoms with Crippen LogP contribution in [0, 0.1) is 6.92 Å². The van der Waals surface area contributed by atoms with E-state index in [4.69, 9.17) is 4.74 Å². The molecule has 2 aromatic heterocycles. The lowest BCUT2D eigenvalue weighted by atomic mass is 10.2. The topological polar surface area (TPSA) is 101 Å². The molecule has 0 radical (unpaired) electrons. The Hall–Kier alpha value is -2.60. The van der Waals surface area contributed by atoms with Crippen molar-refractivity contribution in [2.45, 2.75) is 30.7 Å². The number of fused-ring (bicyclic) bond motifs is 3. The average molecular weight is 489 g/mol. The van der Waals surface area contributed by atoms with E-state index in [1.807, 2.05) is 19.1 Å². The van der Waals surface area contributed by atoms with Crippen molar-refractivity contribution in [1.82, 2.24) is 14.3 Å². The van der Waals surface area contributed by atoms with E-state index in [-0.39, 0.29) is 10.8 Å². The molecule has 11 heteroatoms. The molecule has 32 heavy (non-hydrogen) atoms. The van der Waals surface area contributed by atoms with Crippen LogP contribution in [0.5, 0.6) is 5.75 Å². The van der Waals surface area contributed by atoms with Gasteiger partial charge in [-0.25, -0.2) is 18.4 Å². The van der Waals surface area contributed by atoms with E-state index in [1.54, 1.807) is 23.5 Å². The Kier molecular flexibility index (Phi) is 5.36. The van der Waals surface area contributed by atoms with Crippen molar-refractivity contribution in [1.29, 1.82) is 0 Å². The van der Waals surface area contributed by atoms with Crippen molar-refractivity contribution in [2.24, 2.45) is 0 Å². The lowest BCUT2D eigenvalue weighted by molar-refractivity contribution is -0.119. The number of thiazole rings is 2. The molecular formula is C21H20N4O4S3. The highest BCUT2D eigenvalue weighted by molar-refractivity contribution is 7.89. The first kappa shape index (κ1) is 21.3. The maximum atomic E-state index is 13.2. The Labute approximate surface area is 192 Å². The van der Waals surface area contributed by atoms with Crippen molar-refractivity contribution in [2.75, 3.05) is 19.0 Å². The van der Waals surface area contributed by atoms with E-state index in [9.17, 15) is 13.2 Å². The Morgan fingerprint density at radius 3 is 2.69 bits per heavy atom. The molecule has 0 aliphatic carbocycles. The van der Waals surface area contributed by atoms with Gasteiger partial charge < -0.3 is 10.1 Å². The summed E-state index contributed by atoms with van der Waals surface area (Å²) in [5.41, 5.74) is 1.64. The van der Waals surface area contributed by atoms with Gasteiger partial charge in [0, 0.05) is 6.54 Å². The molecule has 0 bridgehead atoms. The van der Waals surface area contributed by atoms with Crippen molar-refractivity contribution >= 4 is 64.2 Å². The number of aromatic nitrogens is 2. The largest absolute Gasteiger partial charge is 0.497 e. The number of nitrogens with one attached hydrogen (secondary N) is 1. The van der Waals surface area contributed by atoms with Crippen LogP contribution >= 0.6 is 22.7 Å². The number of carbonyl (C=O) groups excluding carboxylic acids is 1. The molecule has 1 aliphatic rings. The lowest BCUT2D eigenvalue weighted by Gasteiger charge is -2.23. The summed E-state index contributed by atoms with van der Waals surface area (Å²) in [7, 11) is -2.29. The van der Waals surface area contributed by atoms with Gasteiger partial charge in [0.15, 0.2) is 5.13 Å². The third kappa shape index (κ3) is 3.64. The summed E-state index contributed by atoms with van der Waals surface area (Å²) < 4.78 is 34.7. The van der Waals surface area contributed by atoms with Gasteiger partial charge in [-0.2, -0.15) is 4.31 Å². The summed E-state index contributed by atoms with van der Waals surface area (Å²) in [6.07, 6.45) is 1.08. The molecular weight excluding hydrogens is 468 g/mol. The van der Waals surface area contributed by atoms with Gasteiger partial charge in [0.1, 0.15) is 17.3 Å². The third-order valence-corrected chi connectivity index (χ3v) is 9.28. The standard InChI is InChI=1S/C21H20N4O4S3/c1-12-22-18-17(30-12)10-9-15-19(18)31-21(23-15)24-20(26)16-4-3-11-25(16)32(27,28)14-7-5-13(29-2)6-8-14/h5-10,16H,3-4,11H2,1-2H3,(H,23,24,26). The Bertz CT molecular complexity index is 1430. The van der Waals surface area contributed by atoms with Gasteiger partial charge in [0.05, 0.1) is 31.9 Å². The molecule has 166 valence electrons. The first-order valence-electron chi connectivity index (χ1n) is 10.0. The predicted molar refractivity (Wildman–Crippen MR) is 126 cm³/mol. The zero-order valence-corrected chi connectivity index (χ0v) is 19.8. The van der Waals surface area contributed by atoms with Crippen LogP contribution in [0.2, 0.25) is 0 Å². The third-order valence-electron chi connectivity index (χ3n) is 5.42. The maximum Gasteiger partial charge on any atom is 0.244 e. The van der Waals surface area contributed by atoms with E-state index in [0.29, 0.717) is 30.3 Å². The number of amides is 1. The second-order valence-electron chi connectivity index (χ2n) is 7.45. The molecule has 2 aromatic carbocycles. The van der Waals surface area contributed by atoms with Crippen molar-refractivity contribution in [3.05, 3.63) is 41.4 Å². The number of nitrogens with zero attached hydrogens (tertiary/aromatic N) is 3. The minimum absolute atomic E-state index is 0.138. The van der Waals surface area contributed by atoms with Gasteiger partial charge in [-0.15, -0.1) is 11.3 Å². The van der Waals surface area contributed by atoms with Crippen LogP contribution in [-0.2, 0) is 14.8 Å². The first-order chi connectivity index (χ1) is 15.4. The number of methoxy groups -OCH3 is 1. The molecule has 4 aromatic rings. The highest BCUT2D eigenvalue weighted by Gasteiger charge is 2.39. The molecule has 5 rings (SSSR count). The molecule has 3 heterocycles. The van der Waals surface area contributed by atoms with Crippen LogP contribution in [0.15, 0.2) is 41.3 Å². The zero-order chi connectivity index (χ0) is 22.5. The van der Waals surface area contributed by atoms with E-state index in [0.717, 1.165) is 25.4 Å². The number of sulfonamides is 1. The highest BCUT2D eigenvalue weighted by Crippen LogP contribution is 2.35. The molecule has 1 amide bonds. The van der Waals surface area contributed by atoms with Gasteiger partial charge in [0.25, 0.3) is 0 Å². The minimum atomic E-state index is -3.81. The van der Waals surface area contributed by atoms with Crippen molar-refractivity contribution in [3.63, 3.8) is 0 Å².